The first-order valence-electron chi connectivity index (χ1n) is 7.26. The fourth-order valence-corrected chi connectivity index (χ4v) is 3.39. The van der Waals surface area contributed by atoms with E-state index in [0.29, 0.717) is 0 Å². The lowest BCUT2D eigenvalue weighted by atomic mass is 10.0. The van der Waals surface area contributed by atoms with Crippen molar-refractivity contribution < 1.29 is 0 Å². The van der Waals surface area contributed by atoms with Gasteiger partial charge in [-0.15, -0.1) is 0 Å². The van der Waals surface area contributed by atoms with Crippen molar-refractivity contribution in [3.63, 3.8) is 0 Å². The van der Waals surface area contributed by atoms with Crippen molar-refractivity contribution in [1.82, 2.24) is 19.3 Å². The van der Waals surface area contributed by atoms with Crippen LogP contribution in [-0.2, 0) is 13.5 Å². The van der Waals surface area contributed by atoms with Gasteiger partial charge >= 0.3 is 0 Å². The Labute approximate surface area is 129 Å². The molecule has 0 saturated heterocycles. The molecular formula is C16H20N4S. The molecule has 0 fully saturated rings. The second-order valence-corrected chi connectivity index (χ2v) is 5.84. The zero-order chi connectivity index (χ0) is 15.1. The van der Waals surface area contributed by atoms with Gasteiger partial charge in [0.1, 0.15) is 5.52 Å². The van der Waals surface area contributed by atoms with E-state index in [1.807, 2.05) is 11.7 Å². The van der Waals surface area contributed by atoms with E-state index in [1.165, 1.54) is 11.1 Å². The number of H-pyrrole nitrogens is 1. The molecule has 0 spiro atoms. The van der Waals surface area contributed by atoms with E-state index in [2.05, 4.69) is 59.7 Å². The number of aromatic amines is 1. The van der Waals surface area contributed by atoms with Crippen LogP contribution in [0.5, 0.6) is 0 Å². The van der Waals surface area contributed by atoms with E-state index < -0.39 is 0 Å². The average Bonchev–Trinajstić information content (AvgIpc) is 2.95. The highest BCUT2D eigenvalue weighted by molar-refractivity contribution is 7.71. The largest absolute Gasteiger partial charge is 0.328 e. The molecule has 1 aromatic carbocycles. The fraction of sp³-hybridized carbons (Fsp3) is 0.375. The zero-order valence-corrected chi connectivity index (χ0v) is 13.7. The normalized spacial score (nSPS) is 13.0. The number of hydrogen-bond donors (Lipinski definition) is 1. The van der Waals surface area contributed by atoms with Crippen LogP contribution in [0.2, 0.25) is 0 Å². The number of benzene rings is 1. The van der Waals surface area contributed by atoms with Crippen LogP contribution in [0.1, 0.15) is 36.7 Å². The van der Waals surface area contributed by atoms with E-state index in [0.717, 1.165) is 28.0 Å². The molecule has 21 heavy (non-hydrogen) atoms. The summed E-state index contributed by atoms with van der Waals surface area (Å²) in [6, 6.07) is 8.62. The van der Waals surface area contributed by atoms with Gasteiger partial charge in [-0.05, 0) is 43.6 Å². The van der Waals surface area contributed by atoms with E-state index in [-0.39, 0.29) is 6.04 Å². The van der Waals surface area contributed by atoms with Crippen molar-refractivity contribution in [2.75, 3.05) is 0 Å². The Balaban J connectivity index is 2.25. The first-order valence-corrected chi connectivity index (χ1v) is 7.67. The second kappa shape index (κ2) is 5.15. The summed E-state index contributed by atoms with van der Waals surface area (Å²) >= 11 is 5.56. The predicted octanol–water partition coefficient (Wildman–Crippen LogP) is 3.91. The first-order chi connectivity index (χ1) is 10.0. The minimum atomic E-state index is 0.174. The van der Waals surface area contributed by atoms with Crippen molar-refractivity contribution in [3.05, 3.63) is 45.9 Å². The molecule has 1 atom stereocenters. The minimum absolute atomic E-state index is 0.174. The molecule has 1 unspecified atom stereocenters. The molecule has 0 aliphatic rings. The summed E-state index contributed by atoms with van der Waals surface area (Å²) in [5, 5.41) is 4.59. The van der Waals surface area contributed by atoms with Gasteiger partial charge in [-0.3, -0.25) is 9.25 Å². The van der Waals surface area contributed by atoms with Gasteiger partial charge in [0, 0.05) is 7.05 Å². The van der Waals surface area contributed by atoms with Gasteiger partial charge in [-0.25, -0.2) is 0 Å². The van der Waals surface area contributed by atoms with Crippen LogP contribution in [0, 0.1) is 11.7 Å². The van der Waals surface area contributed by atoms with Crippen LogP contribution in [0.15, 0.2) is 24.3 Å². The van der Waals surface area contributed by atoms with Crippen molar-refractivity contribution in [2.45, 2.75) is 33.2 Å². The molecular weight excluding hydrogens is 280 g/mol. The minimum Gasteiger partial charge on any atom is -0.328 e. The highest BCUT2D eigenvalue weighted by Gasteiger charge is 2.19. The summed E-state index contributed by atoms with van der Waals surface area (Å²) in [7, 11) is 1.98. The van der Waals surface area contributed by atoms with Crippen molar-refractivity contribution in [1.29, 1.82) is 0 Å². The SMILES string of the molecule is CCc1nn(C)c2c1[nH]c(=S)n2C(C)c1ccccc1C. The Hall–Kier alpha value is -1.88. The van der Waals surface area contributed by atoms with Gasteiger partial charge in [-0.2, -0.15) is 5.10 Å². The lowest BCUT2D eigenvalue weighted by Crippen LogP contribution is -2.11. The molecule has 0 aliphatic heterocycles. The summed E-state index contributed by atoms with van der Waals surface area (Å²) in [4.78, 5) is 3.33. The second-order valence-electron chi connectivity index (χ2n) is 5.46. The van der Waals surface area contributed by atoms with E-state index in [9.17, 15) is 0 Å². The van der Waals surface area contributed by atoms with Gasteiger partial charge in [0.05, 0.1) is 11.7 Å². The number of aromatic nitrogens is 4. The maximum atomic E-state index is 5.56. The van der Waals surface area contributed by atoms with Crippen LogP contribution in [0.3, 0.4) is 0 Å². The third-order valence-corrected chi connectivity index (χ3v) is 4.43. The molecule has 3 aromatic rings. The molecule has 110 valence electrons. The number of rotatable bonds is 3. The molecule has 4 nitrogen and oxygen atoms in total. The Morgan fingerprint density at radius 3 is 2.71 bits per heavy atom. The molecule has 1 N–H and O–H groups in total. The van der Waals surface area contributed by atoms with Gasteiger partial charge in [0.2, 0.25) is 0 Å². The lowest BCUT2D eigenvalue weighted by molar-refractivity contribution is 0.617. The van der Waals surface area contributed by atoms with Crippen molar-refractivity contribution >= 4 is 23.4 Å². The van der Waals surface area contributed by atoms with Gasteiger partial charge in [0.15, 0.2) is 10.4 Å². The smallest absolute Gasteiger partial charge is 0.179 e. The van der Waals surface area contributed by atoms with Gasteiger partial charge < -0.3 is 4.98 Å². The molecule has 2 aromatic heterocycles. The van der Waals surface area contributed by atoms with E-state index in [4.69, 9.17) is 12.2 Å². The van der Waals surface area contributed by atoms with Gasteiger partial charge in [-0.1, -0.05) is 31.2 Å². The predicted molar refractivity (Wildman–Crippen MR) is 88.3 cm³/mol. The summed E-state index contributed by atoms with van der Waals surface area (Å²) in [5.74, 6) is 0. The molecule has 0 bridgehead atoms. The number of fused-ring (bicyclic) bond motifs is 1. The zero-order valence-electron chi connectivity index (χ0n) is 12.8. The molecule has 3 rings (SSSR count). The van der Waals surface area contributed by atoms with E-state index >= 15 is 0 Å². The van der Waals surface area contributed by atoms with E-state index in [1.54, 1.807) is 0 Å². The summed E-state index contributed by atoms with van der Waals surface area (Å²) in [5.41, 5.74) is 5.75. The third kappa shape index (κ3) is 2.12. The van der Waals surface area contributed by atoms with Gasteiger partial charge in [0.25, 0.3) is 0 Å². The van der Waals surface area contributed by atoms with Crippen LogP contribution >= 0.6 is 12.2 Å². The Morgan fingerprint density at radius 1 is 1.33 bits per heavy atom. The number of imidazole rings is 1. The summed E-state index contributed by atoms with van der Waals surface area (Å²) in [6.45, 7) is 6.44. The number of nitrogens with zero attached hydrogens (tertiary/aromatic N) is 3. The Bertz CT molecular complexity index is 853. The van der Waals surface area contributed by atoms with Crippen LogP contribution in [0.4, 0.5) is 0 Å². The monoisotopic (exact) mass is 300 g/mol. The quantitative estimate of drug-likeness (QED) is 0.745. The van der Waals surface area contributed by atoms with Crippen LogP contribution in [-0.4, -0.2) is 19.3 Å². The number of aryl methyl sites for hydroxylation is 3. The van der Waals surface area contributed by atoms with Crippen molar-refractivity contribution in [3.8, 4) is 0 Å². The summed E-state index contributed by atoms with van der Waals surface area (Å²) in [6.07, 6.45) is 0.894. The fourth-order valence-electron chi connectivity index (χ4n) is 3.04. The number of nitrogens with one attached hydrogen (secondary N) is 1. The highest BCUT2D eigenvalue weighted by Crippen LogP contribution is 2.27. The topological polar surface area (TPSA) is 38.5 Å². The Morgan fingerprint density at radius 2 is 2.05 bits per heavy atom. The maximum Gasteiger partial charge on any atom is 0.179 e. The standard InChI is InChI=1S/C16H20N4S/c1-5-13-14-15(19(4)18-13)20(16(21)17-14)11(3)12-9-7-6-8-10(12)2/h6-9,11H,5H2,1-4H3,(H,17,21). The molecule has 0 aliphatic carbocycles. The average molecular weight is 300 g/mol. The maximum absolute atomic E-state index is 5.56. The Kier molecular flexibility index (Phi) is 3.45. The third-order valence-electron chi connectivity index (χ3n) is 4.13. The summed E-state index contributed by atoms with van der Waals surface area (Å²) < 4.78 is 4.84. The highest BCUT2D eigenvalue weighted by atomic mass is 32.1. The number of hydrogen-bond acceptors (Lipinski definition) is 2. The molecule has 2 heterocycles. The lowest BCUT2D eigenvalue weighted by Gasteiger charge is -2.17. The van der Waals surface area contributed by atoms with Crippen molar-refractivity contribution in [2.24, 2.45) is 7.05 Å². The molecule has 0 amide bonds. The molecule has 0 saturated carbocycles. The molecule has 0 radical (unpaired) electrons. The van der Waals surface area contributed by atoms with Crippen LogP contribution in [0.25, 0.3) is 11.2 Å². The first kappa shape index (κ1) is 14.1. The molecule has 5 heteroatoms. The van der Waals surface area contributed by atoms with Crippen LogP contribution < -0.4 is 0 Å².